The standard InChI is InChI=1S/C17H24BrNO2/c1-5-7-8-21-17-15(18)9-14(10-16(17)20-6-2)12-19-11-13(3)4/h9-10,13,19H,6,8,11-12H2,1-4H3. The van der Waals surface area contributed by atoms with Crippen LogP contribution in [0.1, 0.15) is 33.3 Å². The van der Waals surface area contributed by atoms with Crippen LogP contribution in [0, 0.1) is 17.8 Å². The van der Waals surface area contributed by atoms with Crippen molar-refractivity contribution in [2.45, 2.75) is 34.2 Å². The predicted octanol–water partition coefficient (Wildman–Crippen LogP) is 4.00. The smallest absolute Gasteiger partial charge is 0.176 e. The minimum absolute atomic E-state index is 0.361. The van der Waals surface area contributed by atoms with Crippen LogP contribution in [0.25, 0.3) is 0 Å². The second kappa shape index (κ2) is 9.70. The summed E-state index contributed by atoms with van der Waals surface area (Å²) in [6, 6.07) is 4.08. The molecule has 21 heavy (non-hydrogen) atoms. The molecule has 1 N–H and O–H groups in total. The number of hydrogen-bond donors (Lipinski definition) is 1. The molecule has 0 aliphatic heterocycles. The van der Waals surface area contributed by atoms with Gasteiger partial charge >= 0.3 is 0 Å². The molecule has 4 heteroatoms. The third-order valence-corrected chi connectivity index (χ3v) is 3.31. The number of hydrogen-bond acceptors (Lipinski definition) is 3. The highest BCUT2D eigenvalue weighted by atomic mass is 79.9. The van der Waals surface area contributed by atoms with Gasteiger partial charge in [0.2, 0.25) is 0 Å². The molecule has 0 atom stereocenters. The molecule has 116 valence electrons. The fourth-order valence-electron chi connectivity index (χ4n) is 1.81. The lowest BCUT2D eigenvalue weighted by atomic mass is 10.2. The van der Waals surface area contributed by atoms with Gasteiger partial charge in [-0.05, 0) is 59.9 Å². The molecule has 0 aromatic heterocycles. The van der Waals surface area contributed by atoms with E-state index in [1.54, 1.807) is 6.92 Å². The first kappa shape index (κ1) is 17.9. The summed E-state index contributed by atoms with van der Waals surface area (Å²) in [5.41, 5.74) is 1.17. The number of rotatable bonds is 8. The summed E-state index contributed by atoms with van der Waals surface area (Å²) < 4.78 is 12.3. The second-order valence-electron chi connectivity index (χ2n) is 5.08. The summed E-state index contributed by atoms with van der Waals surface area (Å²) >= 11 is 3.56. The molecule has 0 heterocycles. The van der Waals surface area contributed by atoms with Crippen molar-refractivity contribution in [2.75, 3.05) is 19.8 Å². The number of ether oxygens (including phenoxy) is 2. The SMILES string of the molecule is CC#CCOc1c(Br)cc(CNCC(C)C)cc1OCC. The lowest BCUT2D eigenvalue weighted by Crippen LogP contribution is -2.19. The largest absolute Gasteiger partial charge is 0.490 e. The van der Waals surface area contributed by atoms with Crippen LogP contribution in [0.15, 0.2) is 16.6 Å². The number of benzene rings is 1. The highest BCUT2D eigenvalue weighted by Crippen LogP contribution is 2.36. The fraction of sp³-hybridized carbons (Fsp3) is 0.529. The van der Waals surface area contributed by atoms with Gasteiger partial charge in [0.15, 0.2) is 11.5 Å². The van der Waals surface area contributed by atoms with E-state index < -0.39 is 0 Å². The molecule has 0 bridgehead atoms. The van der Waals surface area contributed by atoms with E-state index in [-0.39, 0.29) is 0 Å². The van der Waals surface area contributed by atoms with E-state index in [2.05, 4.69) is 53.0 Å². The van der Waals surface area contributed by atoms with Gasteiger partial charge in [0.05, 0.1) is 11.1 Å². The van der Waals surface area contributed by atoms with Crippen molar-refractivity contribution in [1.29, 1.82) is 0 Å². The summed E-state index contributed by atoms with van der Waals surface area (Å²) in [5.74, 6) is 7.82. The topological polar surface area (TPSA) is 30.5 Å². The molecule has 0 unspecified atom stereocenters. The van der Waals surface area contributed by atoms with E-state index in [4.69, 9.17) is 9.47 Å². The van der Waals surface area contributed by atoms with Gasteiger partial charge < -0.3 is 14.8 Å². The molecule has 1 aromatic rings. The van der Waals surface area contributed by atoms with Crippen LogP contribution in [0.4, 0.5) is 0 Å². The molecule has 0 amide bonds. The number of nitrogens with one attached hydrogen (secondary N) is 1. The summed E-state index contributed by atoms with van der Waals surface area (Å²) in [6.45, 7) is 10.9. The van der Waals surface area contributed by atoms with E-state index in [1.807, 2.05) is 13.0 Å². The average molecular weight is 354 g/mol. The third-order valence-electron chi connectivity index (χ3n) is 2.72. The summed E-state index contributed by atoms with van der Waals surface area (Å²) in [6.07, 6.45) is 0. The Morgan fingerprint density at radius 1 is 1.29 bits per heavy atom. The molecule has 1 rings (SSSR count). The molecule has 0 spiro atoms. The van der Waals surface area contributed by atoms with Crippen LogP contribution >= 0.6 is 15.9 Å². The monoisotopic (exact) mass is 353 g/mol. The van der Waals surface area contributed by atoms with E-state index in [1.165, 1.54) is 5.56 Å². The van der Waals surface area contributed by atoms with Crippen molar-refractivity contribution in [3.63, 3.8) is 0 Å². The van der Waals surface area contributed by atoms with Crippen LogP contribution < -0.4 is 14.8 Å². The zero-order valence-corrected chi connectivity index (χ0v) is 14.8. The molecule has 0 aliphatic carbocycles. The van der Waals surface area contributed by atoms with E-state index in [9.17, 15) is 0 Å². The molecule has 0 saturated heterocycles. The van der Waals surface area contributed by atoms with Crippen molar-refractivity contribution in [2.24, 2.45) is 5.92 Å². The Labute approximate surface area is 136 Å². The summed E-state index contributed by atoms with van der Waals surface area (Å²) in [7, 11) is 0. The maximum Gasteiger partial charge on any atom is 0.176 e. The van der Waals surface area contributed by atoms with Crippen molar-refractivity contribution >= 4 is 15.9 Å². The van der Waals surface area contributed by atoms with Gasteiger partial charge in [-0.2, -0.15) is 0 Å². The lowest BCUT2D eigenvalue weighted by molar-refractivity contribution is 0.297. The lowest BCUT2D eigenvalue weighted by Gasteiger charge is -2.15. The molecule has 0 saturated carbocycles. The van der Waals surface area contributed by atoms with Crippen LogP contribution in [-0.2, 0) is 6.54 Å². The van der Waals surface area contributed by atoms with Crippen molar-refractivity contribution in [1.82, 2.24) is 5.32 Å². The maximum absolute atomic E-state index is 5.69. The Bertz CT molecular complexity index is 503. The first-order chi connectivity index (χ1) is 10.1. The van der Waals surface area contributed by atoms with Gasteiger partial charge in [-0.15, -0.1) is 5.92 Å². The molecular weight excluding hydrogens is 330 g/mol. The Morgan fingerprint density at radius 2 is 2.05 bits per heavy atom. The molecule has 1 aromatic carbocycles. The second-order valence-corrected chi connectivity index (χ2v) is 5.93. The molecular formula is C17H24BrNO2. The molecule has 0 fully saturated rings. The normalized spacial score (nSPS) is 10.2. The Hall–Kier alpha value is -1.18. The maximum atomic E-state index is 5.69. The van der Waals surface area contributed by atoms with Crippen LogP contribution in [-0.4, -0.2) is 19.8 Å². The van der Waals surface area contributed by atoms with Gasteiger partial charge in [-0.25, -0.2) is 0 Å². The third kappa shape index (κ3) is 6.41. The van der Waals surface area contributed by atoms with E-state index in [0.29, 0.717) is 24.9 Å². The summed E-state index contributed by atoms with van der Waals surface area (Å²) in [4.78, 5) is 0. The summed E-state index contributed by atoms with van der Waals surface area (Å²) in [5, 5.41) is 3.43. The Kier molecular flexibility index (Phi) is 8.26. The molecule has 3 nitrogen and oxygen atoms in total. The van der Waals surface area contributed by atoms with Crippen LogP contribution in [0.2, 0.25) is 0 Å². The first-order valence-electron chi connectivity index (χ1n) is 7.26. The van der Waals surface area contributed by atoms with E-state index >= 15 is 0 Å². The predicted molar refractivity (Wildman–Crippen MR) is 90.8 cm³/mol. The minimum atomic E-state index is 0.361. The minimum Gasteiger partial charge on any atom is -0.490 e. The highest BCUT2D eigenvalue weighted by molar-refractivity contribution is 9.10. The van der Waals surface area contributed by atoms with Gasteiger partial charge in [0.25, 0.3) is 0 Å². The van der Waals surface area contributed by atoms with Crippen molar-refractivity contribution in [3.05, 3.63) is 22.2 Å². The molecule has 0 aliphatic rings. The first-order valence-corrected chi connectivity index (χ1v) is 8.06. The van der Waals surface area contributed by atoms with Gasteiger partial charge in [-0.1, -0.05) is 19.8 Å². The zero-order chi connectivity index (χ0) is 15.7. The fourth-order valence-corrected chi connectivity index (χ4v) is 2.42. The van der Waals surface area contributed by atoms with Crippen LogP contribution in [0.3, 0.4) is 0 Å². The zero-order valence-electron chi connectivity index (χ0n) is 13.3. The van der Waals surface area contributed by atoms with Gasteiger partial charge in [-0.3, -0.25) is 0 Å². The van der Waals surface area contributed by atoms with Gasteiger partial charge in [0.1, 0.15) is 6.61 Å². The quantitative estimate of drug-likeness (QED) is 0.716. The highest BCUT2D eigenvalue weighted by Gasteiger charge is 2.12. The Morgan fingerprint density at radius 3 is 2.67 bits per heavy atom. The van der Waals surface area contributed by atoms with Crippen LogP contribution in [0.5, 0.6) is 11.5 Å². The average Bonchev–Trinajstić information content (AvgIpc) is 2.42. The molecule has 0 radical (unpaired) electrons. The van der Waals surface area contributed by atoms with E-state index in [0.717, 1.165) is 23.3 Å². The van der Waals surface area contributed by atoms with Crippen molar-refractivity contribution in [3.8, 4) is 23.3 Å². The number of halogens is 1. The van der Waals surface area contributed by atoms with Crippen molar-refractivity contribution < 1.29 is 9.47 Å². The Balaban J connectivity index is 2.85. The van der Waals surface area contributed by atoms with Gasteiger partial charge in [0, 0.05) is 6.54 Å².